The van der Waals surface area contributed by atoms with Gasteiger partial charge in [-0.15, -0.1) is 0 Å². The SMILES string of the molecule is CCNC1CCCc2nc(N(C)CC3CCCCC3)sc21. The van der Waals surface area contributed by atoms with Crippen molar-refractivity contribution in [3.63, 3.8) is 0 Å². The summed E-state index contributed by atoms with van der Waals surface area (Å²) in [7, 11) is 2.24. The number of hydrogen-bond acceptors (Lipinski definition) is 4. The van der Waals surface area contributed by atoms with Gasteiger partial charge in [-0.2, -0.15) is 0 Å². The molecule has 1 atom stereocenters. The quantitative estimate of drug-likeness (QED) is 0.886. The summed E-state index contributed by atoms with van der Waals surface area (Å²) in [6.45, 7) is 4.44. The Morgan fingerprint density at radius 1 is 1.19 bits per heavy atom. The number of nitrogens with one attached hydrogen (secondary N) is 1. The van der Waals surface area contributed by atoms with Crippen LogP contribution in [0.3, 0.4) is 0 Å². The minimum atomic E-state index is 0.549. The molecule has 1 N–H and O–H groups in total. The minimum Gasteiger partial charge on any atom is -0.351 e. The molecule has 4 heteroatoms. The van der Waals surface area contributed by atoms with Gasteiger partial charge in [0.2, 0.25) is 0 Å². The number of nitrogens with zero attached hydrogens (tertiary/aromatic N) is 2. The number of thiazole rings is 1. The first-order chi connectivity index (χ1) is 10.3. The molecular weight excluding hydrogens is 278 g/mol. The average molecular weight is 308 g/mol. The van der Waals surface area contributed by atoms with Crippen molar-refractivity contribution in [2.45, 2.75) is 64.3 Å². The second kappa shape index (κ2) is 7.10. The third kappa shape index (κ3) is 3.59. The van der Waals surface area contributed by atoms with E-state index in [0.717, 1.165) is 12.5 Å². The Morgan fingerprint density at radius 2 is 2.00 bits per heavy atom. The van der Waals surface area contributed by atoms with Crippen LogP contribution in [-0.4, -0.2) is 25.1 Å². The predicted molar refractivity (Wildman–Crippen MR) is 91.3 cm³/mol. The molecule has 21 heavy (non-hydrogen) atoms. The van der Waals surface area contributed by atoms with E-state index in [9.17, 15) is 0 Å². The first kappa shape index (κ1) is 15.3. The predicted octanol–water partition coefficient (Wildman–Crippen LogP) is 4.15. The molecule has 0 radical (unpaired) electrons. The van der Waals surface area contributed by atoms with Crippen LogP contribution < -0.4 is 10.2 Å². The van der Waals surface area contributed by atoms with Gasteiger partial charge < -0.3 is 10.2 Å². The van der Waals surface area contributed by atoms with Crippen molar-refractivity contribution in [2.75, 3.05) is 25.0 Å². The van der Waals surface area contributed by atoms with Crippen LogP contribution in [0.5, 0.6) is 0 Å². The van der Waals surface area contributed by atoms with Gasteiger partial charge in [-0.05, 0) is 44.6 Å². The molecule has 1 aromatic rings. The van der Waals surface area contributed by atoms with Crippen molar-refractivity contribution in [1.29, 1.82) is 0 Å². The largest absolute Gasteiger partial charge is 0.351 e. The highest BCUT2D eigenvalue weighted by Crippen LogP contribution is 2.37. The number of fused-ring (bicyclic) bond motifs is 1. The molecule has 2 aliphatic rings. The Balaban J connectivity index is 1.67. The van der Waals surface area contributed by atoms with Crippen LogP contribution in [0, 0.1) is 5.92 Å². The summed E-state index contributed by atoms with van der Waals surface area (Å²) >= 11 is 1.93. The van der Waals surface area contributed by atoms with Crippen LogP contribution in [0.15, 0.2) is 0 Å². The van der Waals surface area contributed by atoms with Crippen LogP contribution >= 0.6 is 11.3 Å². The summed E-state index contributed by atoms with van der Waals surface area (Å²) in [5.74, 6) is 0.884. The van der Waals surface area contributed by atoms with E-state index in [-0.39, 0.29) is 0 Å². The lowest BCUT2D eigenvalue weighted by Gasteiger charge is -2.26. The summed E-state index contributed by atoms with van der Waals surface area (Å²) in [5, 5.41) is 4.87. The molecule has 0 aliphatic heterocycles. The van der Waals surface area contributed by atoms with Crippen LogP contribution in [0.25, 0.3) is 0 Å². The van der Waals surface area contributed by atoms with E-state index in [1.54, 1.807) is 0 Å². The van der Waals surface area contributed by atoms with Crippen LogP contribution in [-0.2, 0) is 6.42 Å². The smallest absolute Gasteiger partial charge is 0.185 e. The zero-order valence-electron chi connectivity index (χ0n) is 13.5. The summed E-state index contributed by atoms with van der Waals surface area (Å²) in [5.41, 5.74) is 1.36. The maximum atomic E-state index is 4.95. The molecule has 1 heterocycles. The molecule has 0 amide bonds. The Labute approximate surface area is 133 Å². The molecule has 1 fully saturated rings. The molecule has 0 saturated heterocycles. The van der Waals surface area contributed by atoms with E-state index in [4.69, 9.17) is 4.98 Å². The van der Waals surface area contributed by atoms with Gasteiger partial charge in [0.1, 0.15) is 0 Å². The van der Waals surface area contributed by atoms with Crippen molar-refractivity contribution in [2.24, 2.45) is 5.92 Å². The van der Waals surface area contributed by atoms with Crippen LogP contribution in [0.2, 0.25) is 0 Å². The molecule has 2 aliphatic carbocycles. The molecule has 1 saturated carbocycles. The number of anilines is 1. The standard InChI is InChI=1S/C17H29N3S/c1-3-18-14-10-7-11-15-16(14)21-17(19-15)20(2)12-13-8-5-4-6-9-13/h13-14,18H,3-12H2,1-2H3. The summed E-state index contributed by atoms with van der Waals surface area (Å²) in [6.07, 6.45) is 10.8. The summed E-state index contributed by atoms with van der Waals surface area (Å²) in [4.78, 5) is 8.88. The maximum absolute atomic E-state index is 4.95. The highest BCUT2D eigenvalue weighted by Gasteiger charge is 2.25. The van der Waals surface area contributed by atoms with Gasteiger partial charge in [0.25, 0.3) is 0 Å². The Kier molecular flexibility index (Phi) is 5.17. The third-order valence-corrected chi connectivity index (χ3v) is 6.30. The first-order valence-electron chi connectivity index (χ1n) is 8.72. The van der Waals surface area contributed by atoms with Gasteiger partial charge >= 0.3 is 0 Å². The lowest BCUT2D eigenvalue weighted by molar-refractivity contribution is 0.362. The second-order valence-corrected chi connectivity index (χ2v) is 7.70. The molecule has 1 aromatic heterocycles. The van der Waals surface area contributed by atoms with Gasteiger partial charge in [-0.1, -0.05) is 37.5 Å². The molecule has 1 unspecified atom stereocenters. The number of aryl methyl sites for hydroxylation is 1. The fraction of sp³-hybridized carbons (Fsp3) is 0.824. The zero-order valence-corrected chi connectivity index (χ0v) is 14.3. The van der Waals surface area contributed by atoms with Gasteiger partial charge in [0.05, 0.1) is 5.69 Å². The Morgan fingerprint density at radius 3 is 2.76 bits per heavy atom. The topological polar surface area (TPSA) is 28.2 Å². The van der Waals surface area contributed by atoms with Gasteiger partial charge in [-0.25, -0.2) is 4.98 Å². The number of hydrogen-bond donors (Lipinski definition) is 1. The van der Waals surface area contributed by atoms with E-state index in [1.807, 2.05) is 11.3 Å². The fourth-order valence-electron chi connectivity index (χ4n) is 3.85. The molecular formula is C17H29N3S. The van der Waals surface area contributed by atoms with E-state index in [2.05, 4.69) is 24.2 Å². The fourth-order valence-corrected chi connectivity index (χ4v) is 5.04. The third-order valence-electron chi connectivity index (χ3n) is 4.97. The summed E-state index contributed by atoms with van der Waals surface area (Å²) < 4.78 is 0. The van der Waals surface area contributed by atoms with Gasteiger partial charge in [-0.3, -0.25) is 0 Å². The van der Waals surface area contributed by atoms with Crippen molar-refractivity contribution < 1.29 is 0 Å². The van der Waals surface area contributed by atoms with Gasteiger partial charge in [0, 0.05) is 24.5 Å². The van der Waals surface area contributed by atoms with E-state index in [0.29, 0.717) is 6.04 Å². The van der Waals surface area contributed by atoms with Crippen molar-refractivity contribution in [1.82, 2.24) is 10.3 Å². The molecule has 3 rings (SSSR count). The maximum Gasteiger partial charge on any atom is 0.185 e. The molecule has 3 nitrogen and oxygen atoms in total. The van der Waals surface area contributed by atoms with E-state index >= 15 is 0 Å². The normalized spacial score (nSPS) is 23.0. The Bertz CT molecular complexity index is 451. The van der Waals surface area contributed by atoms with Gasteiger partial charge in [0.15, 0.2) is 5.13 Å². The van der Waals surface area contributed by atoms with Crippen molar-refractivity contribution >= 4 is 16.5 Å². The first-order valence-corrected chi connectivity index (χ1v) is 9.53. The zero-order chi connectivity index (χ0) is 14.7. The van der Waals surface area contributed by atoms with E-state index in [1.165, 1.54) is 73.6 Å². The average Bonchev–Trinajstić information content (AvgIpc) is 2.94. The van der Waals surface area contributed by atoms with Crippen LogP contribution in [0.4, 0.5) is 5.13 Å². The monoisotopic (exact) mass is 307 g/mol. The number of aromatic nitrogens is 1. The highest BCUT2D eigenvalue weighted by atomic mass is 32.1. The summed E-state index contributed by atoms with van der Waals surface area (Å²) in [6, 6.07) is 0.549. The lowest BCUT2D eigenvalue weighted by atomic mass is 9.89. The second-order valence-electron chi connectivity index (χ2n) is 6.69. The molecule has 118 valence electrons. The van der Waals surface area contributed by atoms with Crippen molar-refractivity contribution in [3.8, 4) is 0 Å². The van der Waals surface area contributed by atoms with Crippen LogP contribution in [0.1, 0.15) is 68.5 Å². The van der Waals surface area contributed by atoms with E-state index < -0.39 is 0 Å². The lowest BCUT2D eigenvalue weighted by Crippen LogP contribution is -2.26. The number of rotatable bonds is 5. The molecule has 0 bridgehead atoms. The molecule has 0 aromatic carbocycles. The molecule has 0 spiro atoms. The highest BCUT2D eigenvalue weighted by molar-refractivity contribution is 7.15. The van der Waals surface area contributed by atoms with Crippen molar-refractivity contribution in [3.05, 3.63) is 10.6 Å². The Hall–Kier alpha value is -0.610. The minimum absolute atomic E-state index is 0.549.